The van der Waals surface area contributed by atoms with Crippen LogP contribution in [0.4, 0.5) is 0 Å². The fourth-order valence-electron chi connectivity index (χ4n) is 3.73. The lowest BCUT2D eigenvalue weighted by atomic mass is 10.1. The van der Waals surface area contributed by atoms with Crippen molar-refractivity contribution >= 4 is 22.8 Å². The van der Waals surface area contributed by atoms with Crippen LogP contribution in [0.2, 0.25) is 16.6 Å². The molecule has 0 heterocycles. The molecule has 0 aliphatic carbocycles. The zero-order chi connectivity index (χ0) is 16.2. The smallest absolute Gasteiger partial charge is 0.141 e. The summed E-state index contributed by atoms with van der Waals surface area (Å²) in [5, 5.41) is 1.53. The molecule has 1 aromatic carbocycles. The molecule has 2 heteroatoms. The van der Waals surface area contributed by atoms with Crippen molar-refractivity contribution < 1.29 is 0 Å². The Hall–Kier alpha value is -0.786. The number of aryl methyl sites for hydroxylation is 1. The van der Waals surface area contributed by atoms with E-state index in [4.69, 9.17) is 0 Å². The largest absolute Gasteiger partial charge is 0.145 e. The minimum Gasteiger partial charge on any atom is -0.141 e. The lowest BCUT2D eigenvalue weighted by Crippen LogP contribution is -2.43. The second kappa shape index (κ2) is 7.47. The van der Waals surface area contributed by atoms with Gasteiger partial charge in [0.1, 0.15) is 17.6 Å². The maximum atomic E-state index is 3.88. The molecule has 0 atom stereocenters. The summed E-state index contributed by atoms with van der Waals surface area (Å²) in [6.45, 7) is 18.8. The van der Waals surface area contributed by atoms with E-state index in [0.29, 0.717) is 0 Å². The summed E-state index contributed by atoms with van der Waals surface area (Å²) in [7, 11) is -2.00. The third-order valence-corrected chi connectivity index (χ3v) is 13.4. The van der Waals surface area contributed by atoms with Crippen LogP contribution < -0.4 is 5.19 Å². The van der Waals surface area contributed by atoms with E-state index in [2.05, 4.69) is 84.7 Å². The highest BCUT2D eigenvalue weighted by Gasteiger charge is 2.41. The molecule has 0 aliphatic rings. The molecule has 116 valence electrons. The zero-order valence-electron chi connectivity index (χ0n) is 15.2. The van der Waals surface area contributed by atoms with E-state index in [1.54, 1.807) is 0 Å². The first-order valence-corrected chi connectivity index (χ1v) is 11.9. The lowest BCUT2D eigenvalue weighted by Gasteiger charge is -2.38. The standard InChI is InChI=1S/C19H32Si2/c1-14(2)21(15(3)4,16(5)6)13-12-20-19-11-9-10-17(7)18(19)8/h9-11,14-16H,20H2,1-8H3. The van der Waals surface area contributed by atoms with E-state index >= 15 is 0 Å². The van der Waals surface area contributed by atoms with Gasteiger partial charge in [-0.1, -0.05) is 59.7 Å². The van der Waals surface area contributed by atoms with Crippen LogP contribution in [0.5, 0.6) is 0 Å². The first-order valence-electron chi connectivity index (χ1n) is 8.28. The molecule has 0 aromatic heterocycles. The summed E-state index contributed by atoms with van der Waals surface area (Å²) < 4.78 is 0. The lowest BCUT2D eigenvalue weighted by molar-refractivity contribution is 0.838. The van der Waals surface area contributed by atoms with Crippen LogP contribution in [0.25, 0.3) is 0 Å². The SMILES string of the molecule is Cc1cccc([SiH2]C#C[Si](C(C)C)(C(C)C)C(C)C)c1C. The predicted molar refractivity (Wildman–Crippen MR) is 103 cm³/mol. The Bertz CT molecular complexity index is 508. The number of hydrogen-bond acceptors (Lipinski definition) is 0. The van der Waals surface area contributed by atoms with Crippen molar-refractivity contribution in [3.8, 4) is 11.1 Å². The Morgan fingerprint density at radius 3 is 1.90 bits per heavy atom. The van der Waals surface area contributed by atoms with Gasteiger partial charge in [-0.3, -0.25) is 0 Å². The van der Waals surface area contributed by atoms with Gasteiger partial charge in [-0.05, 0) is 46.8 Å². The second-order valence-electron chi connectivity index (χ2n) is 7.23. The van der Waals surface area contributed by atoms with Gasteiger partial charge in [0, 0.05) is 0 Å². The molecule has 0 saturated carbocycles. The third kappa shape index (κ3) is 3.90. The minimum absolute atomic E-state index is 0.464. The van der Waals surface area contributed by atoms with Gasteiger partial charge in [0.05, 0.1) is 0 Å². The van der Waals surface area contributed by atoms with Gasteiger partial charge in [-0.15, -0.1) is 11.1 Å². The van der Waals surface area contributed by atoms with Crippen molar-refractivity contribution in [2.75, 3.05) is 0 Å². The highest BCUT2D eigenvalue weighted by molar-refractivity contribution is 6.91. The van der Waals surface area contributed by atoms with Crippen LogP contribution >= 0.6 is 0 Å². The molecule has 0 bridgehead atoms. The topological polar surface area (TPSA) is 0 Å². The zero-order valence-corrected chi connectivity index (χ0v) is 17.6. The van der Waals surface area contributed by atoms with Crippen LogP contribution in [0, 0.1) is 24.9 Å². The highest BCUT2D eigenvalue weighted by Crippen LogP contribution is 2.40. The van der Waals surface area contributed by atoms with Crippen molar-refractivity contribution in [2.45, 2.75) is 72.0 Å². The van der Waals surface area contributed by atoms with Gasteiger partial charge >= 0.3 is 0 Å². The summed E-state index contributed by atoms with van der Waals surface area (Å²) in [5.74, 6) is 0. The minimum atomic E-state index is -1.54. The normalized spacial score (nSPS) is 12.5. The molecule has 0 unspecified atom stereocenters. The van der Waals surface area contributed by atoms with Crippen molar-refractivity contribution in [2.24, 2.45) is 0 Å². The second-order valence-corrected chi connectivity index (χ2v) is 14.3. The van der Waals surface area contributed by atoms with E-state index in [0.717, 1.165) is 16.6 Å². The number of rotatable bonds is 4. The van der Waals surface area contributed by atoms with Gasteiger partial charge in [0.25, 0.3) is 0 Å². The molecule has 1 rings (SSSR count). The van der Waals surface area contributed by atoms with Crippen molar-refractivity contribution in [3.05, 3.63) is 29.3 Å². The molecule has 21 heavy (non-hydrogen) atoms. The molecule has 0 radical (unpaired) electrons. The monoisotopic (exact) mass is 316 g/mol. The van der Waals surface area contributed by atoms with Crippen LogP contribution in [0.3, 0.4) is 0 Å². The van der Waals surface area contributed by atoms with Crippen molar-refractivity contribution in [1.82, 2.24) is 0 Å². The number of benzene rings is 1. The fourth-order valence-corrected chi connectivity index (χ4v) is 11.2. The Morgan fingerprint density at radius 1 is 0.905 bits per heavy atom. The maximum Gasteiger partial charge on any atom is 0.145 e. The summed E-state index contributed by atoms with van der Waals surface area (Å²) in [6.07, 6.45) is 0. The molecule has 0 nitrogen and oxygen atoms in total. The Labute approximate surface area is 135 Å². The van der Waals surface area contributed by atoms with Crippen molar-refractivity contribution in [1.29, 1.82) is 0 Å². The van der Waals surface area contributed by atoms with Gasteiger partial charge in [0.15, 0.2) is 0 Å². The average Bonchev–Trinajstić information content (AvgIpc) is 2.38. The van der Waals surface area contributed by atoms with E-state index in [-0.39, 0.29) is 0 Å². The summed E-state index contributed by atoms with van der Waals surface area (Å²) in [4.78, 5) is 0. The van der Waals surface area contributed by atoms with Gasteiger partial charge in [-0.25, -0.2) is 0 Å². The fraction of sp³-hybridized carbons (Fsp3) is 0.579. The maximum absolute atomic E-state index is 3.88. The molecule has 0 amide bonds. The van der Waals surface area contributed by atoms with Gasteiger partial charge < -0.3 is 0 Å². The summed E-state index contributed by atoms with van der Waals surface area (Å²) in [5.41, 5.74) is 12.7. The van der Waals surface area contributed by atoms with Crippen molar-refractivity contribution in [3.63, 3.8) is 0 Å². The summed E-state index contributed by atoms with van der Waals surface area (Å²) >= 11 is 0. The first kappa shape index (κ1) is 18.3. The first-order chi connectivity index (χ1) is 9.73. The molecule has 0 fully saturated rings. The Kier molecular flexibility index (Phi) is 6.50. The molecular weight excluding hydrogens is 284 g/mol. The van der Waals surface area contributed by atoms with Crippen LogP contribution in [-0.4, -0.2) is 17.6 Å². The third-order valence-electron chi connectivity index (χ3n) is 5.17. The van der Waals surface area contributed by atoms with Gasteiger partial charge in [-0.2, -0.15) is 0 Å². The van der Waals surface area contributed by atoms with E-state index in [1.165, 1.54) is 16.3 Å². The molecule has 0 aliphatic heterocycles. The molecule has 1 aromatic rings. The summed E-state index contributed by atoms with van der Waals surface area (Å²) in [6, 6.07) is 6.67. The predicted octanol–water partition coefficient (Wildman–Crippen LogP) is 4.28. The molecule has 0 spiro atoms. The molecule has 0 N–H and O–H groups in total. The van der Waals surface area contributed by atoms with Crippen LogP contribution in [-0.2, 0) is 0 Å². The van der Waals surface area contributed by atoms with E-state index in [1.807, 2.05) is 0 Å². The van der Waals surface area contributed by atoms with E-state index in [9.17, 15) is 0 Å². The van der Waals surface area contributed by atoms with E-state index < -0.39 is 17.6 Å². The van der Waals surface area contributed by atoms with Crippen LogP contribution in [0.1, 0.15) is 52.7 Å². The van der Waals surface area contributed by atoms with Crippen LogP contribution in [0.15, 0.2) is 18.2 Å². The molecular formula is C19H32Si2. The number of hydrogen-bond donors (Lipinski definition) is 0. The Balaban J connectivity index is 3.09. The Morgan fingerprint density at radius 2 is 1.43 bits per heavy atom. The molecule has 0 saturated heterocycles. The highest BCUT2D eigenvalue weighted by atomic mass is 28.3. The quantitative estimate of drug-likeness (QED) is 0.574. The van der Waals surface area contributed by atoms with Gasteiger partial charge in [0.2, 0.25) is 0 Å². The average molecular weight is 317 g/mol.